The standard InChI is InChI=1S/C25H18N2O5S/c28-22-10-9-14(23(29)30)11-19(22)21-13-33-24(26-21)27-25(31)32-12-20-17-7-3-1-5-15(17)16-6-2-4-8-18(16)20/h1-11,13,20,28H,12H2,(H,29,30)(H,26,27,31). The van der Waals surface area contributed by atoms with E-state index in [1.807, 2.05) is 36.4 Å². The summed E-state index contributed by atoms with van der Waals surface area (Å²) < 4.78 is 5.52. The largest absolute Gasteiger partial charge is 0.507 e. The molecule has 0 radical (unpaired) electrons. The number of carbonyl (C=O) groups is 2. The molecule has 1 aromatic heterocycles. The Morgan fingerprint density at radius 3 is 2.30 bits per heavy atom. The minimum Gasteiger partial charge on any atom is -0.507 e. The number of carbonyl (C=O) groups excluding carboxylic acids is 1. The molecule has 3 N–H and O–H groups in total. The maximum Gasteiger partial charge on any atom is 0.413 e. The van der Waals surface area contributed by atoms with Crippen molar-refractivity contribution < 1.29 is 24.5 Å². The Hall–Kier alpha value is -4.17. The van der Waals surface area contributed by atoms with Crippen molar-refractivity contribution >= 4 is 28.5 Å². The van der Waals surface area contributed by atoms with Gasteiger partial charge in [-0.1, -0.05) is 48.5 Å². The molecule has 0 saturated carbocycles. The first-order valence-corrected chi connectivity index (χ1v) is 11.0. The fraction of sp³-hybridized carbons (Fsp3) is 0.0800. The average molecular weight is 458 g/mol. The van der Waals surface area contributed by atoms with Crippen molar-refractivity contribution in [3.8, 4) is 28.1 Å². The number of thiazole rings is 1. The molecule has 8 heteroatoms. The summed E-state index contributed by atoms with van der Waals surface area (Å²) in [5.41, 5.74) is 5.20. The van der Waals surface area contributed by atoms with E-state index in [4.69, 9.17) is 9.84 Å². The summed E-state index contributed by atoms with van der Waals surface area (Å²) in [6.07, 6.45) is -0.638. The van der Waals surface area contributed by atoms with E-state index in [1.165, 1.54) is 18.2 Å². The highest BCUT2D eigenvalue weighted by atomic mass is 32.1. The number of aromatic hydroxyl groups is 1. The number of ether oxygens (including phenoxy) is 1. The number of fused-ring (bicyclic) bond motifs is 3. The van der Waals surface area contributed by atoms with Gasteiger partial charge in [-0.15, -0.1) is 11.3 Å². The number of carboxylic acid groups (broad SMARTS) is 1. The Bertz CT molecular complexity index is 1340. The quantitative estimate of drug-likeness (QED) is 0.361. The molecular formula is C25H18N2O5S. The van der Waals surface area contributed by atoms with Gasteiger partial charge in [-0.3, -0.25) is 5.32 Å². The lowest BCUT2D eigenvalue weighted by molar-refractivity contribution is 0.0697. The van der Waals surface area contributed by atoms with Crippen LogP contribution in [0.25, 0.3) is 22.4 Å². The van der Waals surface area contributed by atoms with Gasteiger partial charge in [0.1, 0.15) is 12.4 Å². The van der Waals surface area contributed by atoms with Gasteiger partial charge in [-0.2, -0.15) is 0 Å². The molecule has 0 saturated heterocycles. The number of phenols is 1. The Labute approximate surface area is 192 Å². The van der Waals surface area contributed by atoms with Gasteiger partial charge in [-0.05, 0) is 40.5 Å². The Morgan fingerprint density at radius 1 is 0.970 bits per heavy atom. The third-order valence-electron chi connectivity index (χ3n) is 5.58. The van der Waals surface area contributed by atoms with Crippen LogP contribution in [-0.4, -0.2) is 33.9 Å². The smallest absolute Gasteiger partial charge is 0.413 e. The maximum absolute atomic E-state index is 12.5. The number of benzene rings is 3. The fourth-order valence-corrected chi connectivity index (χ4v) is 4.75. The maximum atomic E-state index is 12.5. The van der Waals surface area contributed by atoms with Crippen LogP contribution in [-0.2, 0) is 4.74 Å². The summed E-state index contributed by atoms with van der Waals surface area (Å²) in [6, 6.07) is 20.1. The number of phenolic OH excluding ortho intramolecular Hbond substituents is 1. The highest BCUT2D eigenvalue weighted by Gasteiger charge is 2.29. The number of rotatable bonds is 5. The molecule has 5 rings (SSSR count). The SMILES string of the molecule is O=C(Nc1nc(-c2cc(C(=O)O)ccc2O)cs1)OCC1c2ccccc2-c2ccccc21. The lowest BCUT2D eigenvalue weighted by Gasteiger charge is -2.14. The third kappa shape index (κ3) is 3.92. The van der Waals surface area contributed by atoms with Crippen molar-refractivity contribution in [2.24, 2.45) is 0 Å². The van der Waals surface area contributed by atoms with E-state index >= 15 is 0 Å². The lowest BCUT2D eigenvalue weighted by Crippen LogP contribution is -2.17. The van der Waals surface area contributed by atoms with Crippen LogP contribution in [0.3, 0.4) is 0 Å². The summed E-state index contributed by atoms with van der Waals surface area (Å²) in [5.74, 6) is -1.26. The number of hydrogen-bond donors (Lipinski definition) is 3. The summed E-state index contributed by atoms with van der Waals surface area (Å²) in [5, 5.41) is 23.8. The average Bonchev–Trinajstić information content (AvgIpc) is 3.40. The molecule has 33 heavy (non-hydrogen) atoms. The zero-order chi connectivity index (χ0) is 22.9. The van der Waals surface area contributed by atoms with E-state index in [2.05, 4.69) is 22.4 Å². The van der Waals surface area contributed by atoms with Crippen LogP contribution in [0.15, 0.2) is 72.1 Å². The molecule has 1 aliphatic rings. The lowest BCUT2D eigenvalue weighted by atomic mass is 9.98. The van der Waals surface area contributed by atoms with Crippen LogP contribution < -0.4 is 5.32 Å². The summed E-state index contributed by atoms with van der Waals surface area (Å²) in [7, 11) is 0. The van der Waals surface area contributed by atoms with E-state index in [9.17, 15) is 14.7 Å². The molecule has 0 spiro atoms. The van der Waals surface area contributed by atoms with Gasteiger partial charge in [0.15, 0.2) is 5.13 Å². The molecule has 0 bridgehead atoms. The molecule has 0 aliphatic heterocycles. The topological polar surface area (TPSA) is 109 Å². The van der Waals surface area contributed by atoms with Crippen molar-refractivity contribution in [1.29, 1.82) is 0 Å². The molecule has 1 heterocycles. The molecule has 7 nitrogen and oxygen atoms in total. The molecule has 0 fully saturated rings. The monoisotopic (exact) mass is 458 g/mol. The predicted octanol–water partition coefficient (Wildman–Crippen LogP) is 5.57. The number of aromatic carboxylic acids is 1. The highest BCUT2D eigenvalue weighted by molar-refractivity contribution is 7.14. The molecule has 0 atom stereocenters. The zero-order valence-corrected chi connectivity index (χ0v) is 18.0. The minimum atomic E-state index is -1.11. The summed E-state index contributed by atoms with van der Waals surface area (Å²) in [4.78, 5) is 28.0. The predicted molar refractivity (Wildman–Crippen MR) is 125 cm³/mol. The first kappa shape index (κ1) is 20.7. The van der Waals surface area contributed by atoms with E-state index < -0.39 is 12.1 Å². The van der Waals surface area contributed by atoms with Crippen molar-refractivity contribution in [2.45, 2.75) is 5.92 Å². The fourth-order valence-electron chi connectivity index (χ4n) is 4.05. The number of nitrogens with zero attached hydrogens (tertiary/aromatic N) is 1. The van der Waals surface area contributed by atoms with E-state index in [0.29, 0.717) is 5.69 Å². The van der Waals surface area contributed by atoms with Crippen molar-refractivity contribution in [1.82, 2.24) is 4.98 Å². The molecule has 4 aromatic rings. The summed E-state index contributed by atoms with van der Waals surface area (Å²) in [6.45, 7) is 0.180. The number of aromatic nitrogens is 1. The number of nitrogens with one attached hydrogen (secondary N) is 1. The summed E-state index contributed by atoms with van der Waals surface area (Å²) >= 11 is 1.15. The van der Waals surface area contributed by atoms with Gasteiger partial charge < -0.3 is 14.9 Å². The van der Waals surface area contributed by atoms with Gasteiger partial charge in [0, 0.05) is 16.9 Å². The van der Waals surface area contributed by atoms with Crippen LogP contribution in [0.5, 0.6) is 5.75 Å². The highest BCUT2D eigenvalue weighted by Crippen LogP contribution is 2.44. The van der Waals surface area contributed by atoms with Crippen molar-refractivity contribution in [3.05, 3.63) is 88.8 Å². The molecule has 3 aromatic carbocycles. The minimum absolute atomic E-state index is 0.0295. The van der Waals surface area contributed by atoms with Crippen molar-refractivity contribution in [3.63, 3.8) is 0 Å². The van der Waals surface area contributed by atoms with Crippen LogP contribution in [0.4, 0.5) is 9.93 Å². The van der Waals surface area contributed by atoms with Gasteiger partial charge in [-0.25, -0.2) is 14.6 Å². The van der Waals surface area contributed by atoms with Crippen LogP contribution in [0.2, 0.25) is 0 Å². The number of amides is 1. The number of anilines is 1. The van der Waals surface area contributed by atoms with E-state index in [-0.39, 0.29) is 34.5 Å². The molecule has 1 amide bonds. The first-order valence-electron chi connectivity index (χ1n) is 10.2. The number of carboxylic acids is 1. The van der Waals surface area contributed by atoms with Gasteiger partial charge >= 0.3 is 12.1 Å². The van der Waals surface area contributed by atoms with Crippen LogP contribution >= 0.6 is 11.3 Å². The van der Waals surface area contributed by atoms with Crippen LogP contribution in [0.1, 0.15) is 27.4 Å². The second-order valence-electron chi connectivity index (χ2n) is 7.53. The van der Waals surface area contributed by atoms with Gasteiger partial charge in [0.05, 0.1) is 11.3 Å². The second-order valence-corrected chi connectivity index (χ2v) is 8.38. The van der Waals surface area contributed by atoms with Gasteiger partial charge in [0.25, 0.3) is 0 Å². The normalized spacial score (nSPS) is 12.1. The van der Waals surface area contributed by atoms with Crippen molar-refractivity contribution in [2.75, 3.05) is 11.9 Å². The molecule has 0 unspecified atom stereocenters. The Kier molecular flexibility index (Phi) is 5.27. The number of hydrogen-bond acceptors (Lipinski definition) is 6. The second kappa shape index (κ2) is 8.40. The van der Waals surface area contributed by atoms with E-state index in [1.54, 1.807) is 5.38 Å². The van der Waals surface area contributed by atoms with E-state index in [0.717, 1.165) is 33.6 Å². The van der Waals surface area contributed by atoms with Crippen LogP contribution in [0, 0.1) is 0 Å². The third-order valence-corrected chi connectivity index (χ3v) is 6.33. The molecule has 164 valence electrons. The first-order chi connectivity index (χ1) is 16.0. The van der Waals surface area contributed by atoms with Gasteiger partial charge in [0.2, 0.25) is 0 Å². The molecular weight excluding hydrogens is 440 g/mol. The zero-order valence-electron chi connectivity index (χ0n) is 17.2. The Morgan fingerprint density at radius 2 is 1.64 bits per heavy atom. The Balaban J connectivity index is 1.28. The molecule has 1 aliphatic carbocycles.